The molecule has 1 aliphatic carbocycles. The van der Waals surface area contributed by atoms with Crippen molar-refractivity contribution in [1.29, 1.82) is 0 Å². The third-order valence-electron chi connectivity index (χ3n) is 4.63. The Hall–Kier alpha value is -2.02. The lowest BCUT2D eigenvalue weighted by Gasteiger charge is -2.25. The molecule has 1 aliphatic rings. The highest BCUT2D eigenvalue weighted by atomic mass is 35.5. The van der Waals surface area contributed by atoms with Crippen LogP contribution < -0.4 is 20.5 Å². The molecule has 1 amide bonds. The first kappa shape index (κ1) is 24.0. The third kappa shape index (κ3) is 6.55. The van der Waals surface area contributed by atoms with E-state index in [0.29, 0.717) is 23.8 Å². The zero-order valence-corrected chi connectivity index (χ0v) is 17.4. The van der Waals surface area contributed by atoms with E-state index < -0.39 is 0 Å². The molecule has 154 valence electrons. The number of nitrogens with two attached hydrogens (primary N) is 1. The molecule has 28 heavy (non-hydrogen) atoms. The first-order chi connectivity index (χ1) is 12.7. The lowest BCUT2D eigenvalue weighted by atomic mass is 9.85. The SMILES string of the molecule is COc1ccc(NC(=O)C2CCCC(N)C2)cc1OCc1cccnc1.Cl.Cl. The topological polar surface area (TPSA) is 86.5 Å². The van der Waals surface area contributed by atoms with Gasteiger partial charge in [-0.2, -0.15) is 0 Å². The second kappa shape index (κ2) is 11.7. The van der Waals surface area contributed by atoms with Crippen LogP contribution in [0.4, 0.5) is 5.69 Å². The third-order valence-corrected chi connectivity index (χ3v) is 4.63. The van der Waals surface area contributed by atoms with E-state index >= 15 is 0 Å². The van der Waals surface area contributed by atoms with Crippen molar-refractivity contribution < 1.29 is 14.3 Å². The number of nitrogens with zero attached hydrogens (tertiary/aromatic N) is 1. The van der Waals surface area contributed by atoms with Crippen LogP contribution in [0.5, 0.6) is 11.5 Å². The van der Waals surface area contributed by atoms with Crippen molar-refractivity contribution in [3.8, 4) is 11.5 Å². The minimum Gasteiger partial charge on any atom is -0.493 e. The predicted octanol–water partition coefficient (Wildman–Crippen LogP) is 3.97. The number of benzene rings is 1. The Morgan fingerprint density at radius 3 is 2.75 bits per heavy atom. The molecular formula is C20H27Cl2N3O3. The quantitative estimate of drug-likeness (QED) is 0.727. The van der Waals surface area contributed by atoms with E-state index in [2.05, 4.69) is 10.3 Å². The van der Waals surface area contributed by atoms with E-state index in [1.807, 2.05) is 18.2 Å². The van der Waals surface area contributed by atoms with Gasteiger partial charge in [-0.25, -0.2) is 0 Å². The standard InChI is InChI=1S/C20H25N3O3.2ClH/c1-25-18-8-7-17(23-20(24)15-5-2-6-16(21)10-15)11-19(18)26-13-14-4-3-9-22-12-14;;/h3-4,7-9,11-12,15-16H,2,5-6,10,13,21H2,1H3,(H,23,24);2*1H. The molecule has 1 fully saturated rings. The van der Waals surface area contributed by atoms with Gasteiger partial charge in [0.1, 0.15) is 6.61 Å². The molecule has 2 atom stereocenters. The van der Waals surface area contributed by atoms with Crippen LogP contribution >= 0.6 is 24.8 Å². The minimum absolute atomic E-state index is 0. The summed E-state index contributed by atoms with van der Waals surface area (Å²) in [4.78, 5) is 16.6. The van der Waals surface area contributed by atoms with Gasteiger partial charge in [0.25, 0.3) is 0 Å². The molecule has 1 heterocycles. The van der Waals surface area contributed by atoms with E-state index in [0.717, 1.165) is 31.2 Å². The number of halogens is 2. The number of pyridine rings is 1. The molecule has 6 nitrogen and oxygen atoms in total. The van der Waals surface area contributed by atoms with Gasteiger partial charge in [0.15, 0.2) is 11.5 Å². The number of hydrogen-bond acceptors (Lipinski definition) is 5. The van der Waals surface area contributed by atoms with Crippen molar-refractivity contribution >= 4 is 36.4 Å². The molecule has 1 saturated carbocycles. The van der Waals surface area contributed by atoms with Crippen LogP contribution in [0.25, 0.3) is 0 Å². The molecule has 1 aromatic heterocycles. The summed E-state index contributed by atoms with van der Waals surface area (Å²) in [5, 5.41) is 2.98. The highest BCUT2D eigenvalue weighted by molar-refractivity contribution is 5.93. The summed E-state index contributed by atoms with van der Waals surface area (Å²) in [5.74, 6) is 1.19. The van der Waals surface area contributed by atoms with Gasteiger partial charge in [-0.05, 0) is 37.5 Å². The summed E-state index contributed by atoms with van der Waals surface area (Å²) in [5.41, 5.74) is 7.64. The minimum atomic E-state index is -0.0272. The summed E-state index contributed by atoms with van der Waals surface area (Å²) in [6.07, 6.45) is 7.11. The van der Waals surface area contributed by atoms with Crippen LogP contribution in [0.2, 0.25) is 0 Å². The second-order valence-corrected chi connectivity index (χ2v) is 6.63. The monoisotopic (exact) mass is 427 g/mol. The number of hydrogen-bond donors (Lipinski definition) is 2. The Bertz CT molecular complexity index is 747. The van der Waals surface area contributed by atoms with Crippen LogP contribution in [0.3, 0.4) is 0 Å². The maximum absolute atomic E-state index is 12.5. The highest BCUT2D eigenvalue weighted by Gasteiger charge is 2.25. The van der Waals surface area contributed by atoms with E-state index in [4.69, 9.17) is 15.2 Å². The van der Waals surface area contributed by atoms with Gasteiger partial charge in [0.2, 0.25) is 5.91 Å². The number of amides is 1. The van der Waals surface area contributed by atoms with Gasteiger partial charge in [-0.15, -0.1) is 24.8 Å². The number of methoxy groups -OCH3 is 1. The van der Waals surface area contributed by atoms with Gasteiger partial charge in [-0.3, -0.25) is 9.78 Å². The lowest BCUT2D eigenvalue weighted by Crippen LogP contribution is -2.34. The number of carbonyl (C=O) groups is 1. The zero-order valence-electron chi connectivity index (χ0n) is 15.8. The lowest BCUT2D eigenvalue weighted by molar-refractivity contribution is -0.120. The van der Waals surface area contributed by atoms with Crippen molar-refractivity contribution in [2.45, 2.75) is 38.3 Å². The summed E-state index contributed by atoms with van der Waals surface area (Å²) in [6, 6.07) is 9.32. The molecule has 2 unspecified atom stereocenters. The summed E-state index contributed by atoms with van der Waals surface area (Å²) < 4.78 is 11.2. The second-order valence-electron chi connectivity index (χ2n) is 6.63. The van der Waals surface area contributed by atoms with Gasteiger partial charge in [0, 0.05) is 41.7 Å². The fourth-order valence-electron chi connectivity index (χ4n) is 3.22. The van der Waals surface area contributed by atoms with Crippen molar-refractivity contribution in [1.82, 2.24) is 4.98 Å². The number of ether oxygens (including phenoxy) is 2. The van der Waals surface area contributed by atoms with Crippen LogP contribution in [-0.2, 0) is 11.4 Å². The molecular weight excluding hydrogens is 401 g/mol. The maximum Gasteiger partial charge on any atom is 0.227 e. The molecule has 8 heteroatoms. The van der Waals surface area contributed by atoms with E-state index in [9.17, 15) is 4.79 Å². The number of rotatable bonds is 6. The van der Waals surface area contributed by atoms with Crippen molar-refractivity contribution in [3.63, 3.8) is 0 Å². The van der Waals surface area contributed by atoms with E-state index in [-0.39, 0.29) is 42.7 Å². The van der Waals surface area contributed by atoms with Crippen molar-refractivity contribution in [2.24, 2.45) is 11.7 Å². The Labute approximate surface area is 178 Å². The zero-order chi connectivity index (χ0) is 18.4. The normalized spacial score (nSPS) is 18.2. The Morgan fingerprint density at radius 2 is 2.07 bits per heavy atom. The summed E-state index contributed by atoms with van der Waals surface area (Å²) in [7, 11) is 1.59. The molecule has 0 spiro atoms. The molecule has 3 N–H and O–H groups in total. The molecule has 0 saturated heterocycles. The fourth-order valence-corrected chi connectivity index (χ4v) is 3.22. The van der Waals surface area contributed by atoms with Crippen LogP contribution in [0.15, 0.2) is 42.7 Å². The van der Waals surface area contributed by atoms with E-state index in [1.54, 1.807) is 31.6 Å². The maximum atomic E-state index is 12.5. The van der Waals surface area contributed by atoms with E-state index in [1.165, 1.54) is 0 Å². The van der Waals surface area contributed by atoms with Crippen LogP contribution in [0, 0.1) is 5.92 Å². The van der Waals surface area contributed by atoms with Crippen molar-refractivity contribution in [3.05, 3.63) is 48.3 Å². The molecule has 2 aromatic rings. The molecule has 1 aromatic carbocycles. The average Bonchev–Trinajstić information content (AvgIpc) is 2.67. The molecule has 0 aliphatic heterocycles. The van der Waals surface area contributed by atoms with Gasteiger partial charge < -0.3 is 20.5 Å². The number of carbonyl (C=O) groups excluding carboxylic acids is 1. The summed E-state index contributed by atoms with van der Waals surface area (Å²) in [6.45, 7) is 0.374. The number of anilines is 1. The predicted molar refractivity (Wildman–Crippen MR) is 115 cm³/mol. The fraction of sp³-hybridized carbons (Fsp3) is 0.400. The Kier molecular flexibility index (Phi) is 10.1. The smallest absolute Gasteiger partial charge is 0.227 e. The van der Waals surface area contributed by atoms with Crippen molar-refractivity contribution in [2.75, 3.05) is 12.4 Å². The Morgan fingerprint density at radius 1 is 1.25 bits per heavy atom. The first-order valence-electron chi connectivity index (χ1n) is 8.92. The molecule has 3 rings (SSSR count). The molecule has 0 bridgehead atoms. The number of nitrogens with one attached hydrogen (secondary N) is 1. The largest absolute Gasteiger partial charge is 0.493 e. The summed E-state index contributed by atoms with van der Waals surface area (Å²) >= 11 is 0. The average molecular weight is 428 g/mol. The van der Waals surface area contributed by atoms with Gasteiger partial charge in [0.05, 0.1) is 7.11 Å². The highest BCUT2D eigenvalue weighted by Crippen LogP contribution is 2.32. The first-order valence-corrected chi connectivity index (χ1v) is 8.92. The van der Waals surface area contributed by atoms with Crippen LogP contribution in [0.1, 0.15) is 31.2 Å². The Balaban J connectivity index is 0.00000196. The molecule has 0 radical (unpaired) electrons. The number of aromatic nitrogens is 1. The van der Waals surface area contributed by atoms with Gasteiger partial charge >= 0.3 is 0 Å². The van der Waals surface area contributed by atoms with Gasteiger partial charge in [-0.1, -0.05) is 12.5 Å². The van der Waals surface area contributed by atoms with Crippen LogP contribution in [-0.4, -0.2) is 24.0 Å².